The van der Waals surface area contributed by atoms with Crippen molar-refractivity contribution in [1.29, 1.82) is 0 Å². The minimum atomic E-state index is 0.123. The molecule has 2 rings (SSSR count). The molecule has 15 heavy (non-hydrogen) atoms. The number of carbonyl (C=O) groups excluding carboxylic acids is 1. The van der Waals surface area contributed by atoms with Crippen LogP contribution in [0.3, 0.4) is 0 Å². The molecule has 2 aromatic heterocycles. The Balaban J connectivity index is 2.41. The first kappa shape index (κ1) is 11.0. The highest BCUT2D eigenvalue weighted by Gasteiger charge is 2.16. The molecule has 2 heterocycles. The average Bonchev–Trinajstić information content (AvgIpc) is 2.74. The molecule has 78 valence electrons. The van der Waals surface area contributed by atoms with Crippen molar-refractivity contribution in [3.8, 4) is 0 Å². The van der Waals surface area contributed by atoms with Gasteiger partial charge in [-0.1, -0.05) is 0 Å². The summed E-state index contributed by atoms with van der Waals surface area (Å²) in [5.41, 5.74) is 1.19. The van der Waals surface area contributed by atoms with Crippen LogP contribution in [-0.2, 0) is 0 Å². The molecule has 0 bridgehead atoms. The minimum Gasteiger partial charge on any atom is -0.287 e. The van der Waals surface area contributed by atoms with Crippen molar-refractivity contribution in [3.63, 3.8) is 0 Å². The van der Waals surface area contributed by atoms with Crippen LogP contribution in [0.1, 0.15) is 25.0 Å². The minimum absolute atomic E-state index is 0.123. The maximum atomic E-state index is 12.1. The Kier molecular flexibility index (Phi) is 3.09. The van der Waals surface area contributed by atoms with E-state index >= 15 is 0 Å². The van der Waals surface area contributed by atoms with Gasteiger partial charge < -0.3 is 0 Å². The fourth-order valence-corrected chi connectivity index (χ4v) is 3.80. The molecule has 0 amide bonds. The zero-order valence-corrected chi connectivity index (χ0v) is 11.6. The first-order valence-electron chi connectivity index (χ1n) is 4.44. The summed E-state index contributed by atoms with van der Waals surface area (Å²) < 4.78 is 0.890. The van der Waals surface area contributed by atoms with Crippen LogP contribution in [-0.4, -0.2) is 5.78 Å². The lowest BCUT2D eigenvalue weighted by atomic mass is 10.2. The Morgan fingerprint density at radius 1 is 1.40 bits per heavy atom. The number of ketones is 1. The number of carbonyl (C=O) groups is 1. The van der Waals surface area contributed by atoms with Crippen molar-refractivity contribution in [3.05, 3.63) is 42.2 Å². The number of rotatable bonds is 2. The van der Waals surface area contributed by atoms with Gasteiger partial charge in [-0.25, -0.2) is 0 Å². The van der Waals surface area contributed by atoms with Gasteiger partial charge in [-0.2, -0.15) is 0 Å². The molecule has 2 aromatic rings. The first-order valence-corrected chi connectivity index (χ1v) is 6.93. The summed E-state index contributed by atoms with van der Waals surface area (Å²) in [5.74, 6) is 0.123. The molecule has 0 radical (unpaired) electrons. The van der Waals surface area contributed by atoms with Gasteiger partial charge in [0.25, 0.3) is 0 Å². The quantitative estimate of drug-likeness (QED) is 0.750. The molecule has 0 aliphatic rings. The summed E-state index contributed by atoms with van der Waals surface area (Å²) in [6.45, 7) is 4.08. The summed E-state index contributed by atoms with van der Waals surface area (Å²) in [5, 5.41) is 1.92. The third-order valence-corrected chi connectivity index (χ3v) is 5.20. The van der Waals surface area contributed by atoms with Gasteiger partial charge in [0.2, 0.25) is 5.78 Å². The van der Waals surface area contributed by atoms with E-state index in [1.54, 1.807) is 11.3 Å². The summed E-state index contributed by atoms with van der Waals surface area (Å²) in [6, 6.07) is 3.87. The second kappa shape index (κ2) is 4.20. The Bertz CT molecular complexity index is 491. The van der Waals surface area contributed by atoms with Crippen LogP contribution < -0.4 is 0 Å². The second-order valence-electron chi connectivity index (χ2n) is 3.28. The smallest absolute Gasteiger partial charge is 0.214 e. The third kappa shape index (κ3) is 2.07. The zero-order chi connectivity index (χ0) is 11.0. The number of halogens is 1. The highest BCUT2D eigenvalue weighted by molar-refractivity contribution is 9.10. The van der Waals surface area contributed by atoms with E-state index in [4.69, 9.17) is 0 Å². The van der Waals surface area contributed by atoms with Gasteiger partial charge in [0.05, 0.1) is 9.75 Å². The first-order chi connectivity index (χ1) is 7.09. The summed E-state index contributed by atoms with van der Waals surface area (Å²) in [6.07, 6.45) is 0. The van der Waals surface area contributed by atoms with Crippen LogP contribution in [0.4, 0.5) is 0 Å². The Labute approximate surface area is 105 Å². The van der Waals surface area contributed by atoms with E-state index < -0.39 is 0 Å². The topological polar surface area (TPSA) is 17.1 Å². The number of hydrogen-bond donors (Lipinski definition) is 0. The normalized spacial score (nSPS) is 10.6. The molecule has 0 aliphatic carbocycles. The maximum absolute atomic E-state index is 12.1. The van der Waals surface area contributed by atoms with Crippen molar-refractivity contribution in [2.75, 3.05) is 0 Å². The van der Waals surface area contributed by atoms with E-state index in [2.05, 4.69) is 15.9 Å². The SMILES string of the molecule is Cc1cc(C(=O)c2sccc2Br)sc1C. The van der Waals surface area contributed by atoms with Crippen molar-refractivity contribution in [1.82, 2.24) is 0 Å². The lowest BCUT2D eigenvalue weighted by Gasteiger charge is -1.93. The van der Waals surface area contributed by atoms with Crippen LogP contribution in [0.2, 0.25) is 0 Å². The van der Waals surface area contributed by atoms with Gasteiger partial charge in [-0.3, -0.25) is 4.79 Å². The summed E-state index contributed by atoms with van der Waals surface area (Å²) in [7, 11) is 0. The molecular weight excluding hydrogens is 292 g/mol. The third-order valence-electron chi connectivity index (χ3n) is 2.21. The lowest BCUT2D eigenvalue weighted by Crippen LogP contribution is -1.95. The van der Waals surface area contributed by atoms with Crippen LogP contribution in [0, 0.1) is 13.8 Å². The predicted octanol–water partition coefficient (Wildman–Crippen LogP) is 4.42. The standard InChI is InChI=1S/C11H9BrOS2/c1-6-5-9(15-7(6)2)10(13)11-8(12)3-4-14-11/h3-5H,1-2H3. The lowest BCUT2D eigenvalue weighted by molar-refractivity contribution is 0.104. The molecule has 0 saturated heterocycles. The Hall–Kier alpha value is -0.450. The average molecular weight is 301 g/mol. The molecule has 4 heteroatoms. The number of aryl methyl sites for hydroxylation is 2. The summed E-state index contributed by atoms with van der Waals surface area (Å²) in [4.78, 5) is 14.9. The zero-order valence-electron chi connectivity index (χ0n) is 8.33. The second-order valence-corrected chi connectivity index (χ2v) is 6.30. The van der Waals surface area contributed by atoms with Gasteiger partial charge in [0.1, 0.15) is 0 Å². The van der Waals surface area contributed by atoms with E-state index in [9.17, 15) is 4.79 Å². The molecule has 0 saturated carbocycles. The van der Waals surface area contributed by atoms with Crippen LogP contribution in [0.25, 0.3) is 0 Å². The molecule has 0 fully saturated rings. The molecule has 0 N–H and O–H groups in total. The Morgan fingerprint density at radius 2 is 2.13 bits per heavy atom. The van der Waals surface area contributed by atoms with Crippen LogP contribution in [0.15, 0.2) is 22.0 Å². The largest absolute Gasteiger partial charge is 0.287 e. The maximum Gasteiger partial charge on any atom is 0.214 e. The van der Waals surface area contributed by atoms with Gasteiger partial charge in [-0.05, 0) is 52.9 Å². The summed E-state index contributed by atoms with van der Waals surface area (Å²) >= 11 is 6.43. The molecule has 0 atom stereocenters. The van der Waals surface area contributed by atoms with E-state index in [0.29, 0.717) is 0 Å². The molecule has 0 unspecified atom stereocenters. The molecular formula is C11H9BrOS2. The van der Waals surface area contributed by atoms with Gasteiger partial charge in [0.15, 0.2) is 0 Å². The number of thiophene rings is 2. The predicted molar refractivity (Wildman–Crippen MR) is 69.2 cm³/mol. The molecule has 1 nitrogen and oxygen atoms in total. The molecule has 0 spiro atoms. The highest BCUT2D eigenvalue weighted by Crippen LogP contribution is 2.29. The van der Waals surface area contributed by atoms with E-state index in [1.807, 2.05) is 31.4 Å². The fourth-order valence-electron chi connectivity index (χ4n) is 1.25. The van der Waals surface area contributed by atoms with E-state index in [0.717, 1.165) is 14.2 Å². The monoisotopic (exact) mass is 300 g/mol. The van der Waals surface area contributed by atoms with Gasteiger partial charge >= 0.3 is 0 Å². The van der Waals surface area contributed by atoms with Gasteiger partial charge in [-0.15, -0.1) is 22.7 Å². The number of hydrogen-bond acceptors (Lipinski definition) is 3. The van der Waals surface area contributed by atoms with E-state index in [1.165, 1.54) is 21.8 Å². The van der Waals surface area contributed by atoms with Crippen LogP contribution >= 0.6 is 38.6 Å². The van der Waals surface area contributed by atoms with Gasteiger partial charge in [0, 0.05) is 9.35 Å². The van der Waals surface area contributed by atoms with Crippen molar-refractivity contribution < 1.29 is 4.79 Å². The Morgan fingerprint density at radius 3 is 2.60 bits per heavy atom. The molecule has 0 aromatic carbocycles. The van der Waals surface area contributed by atoms with Crippen molar-refractivity contribution >= 4 is 44.4 Å². The van der Waals surface area contributed by atoms with Crippen molar-refractivity contribution in [2.45, 2.75) is 13.8 Å². The van der Waals surface area contributed by atoms with Crippen molar-refractivity contribution in [2.24, 2.45) is 0 Å². The fraction of sp³-hybridized carbons (Fsp3) is 0.182. The van der Waals surface area contributed by atoms with E-state index in [-0.39, 0.29) is 5.78 Å². The highest BCUT2D eigenvalue weighted by atomic mass is 79.9. The molecule has 0 aliphatic heterocycles. The van der Waals surface area contributed by atoms with Crippen LogP contribution in [0.5, 0.6) is 0 Å².